The van der Waals surface area contributed by atoms with Gasteiger partial charge >= 0.3 is 0 Å². The smallest absolute Gasteiger partial charge is 0.284 e. The van der Waals surface area contributed by atoms with Crippen LogP contribution in [0, 0.1) is 0 Å². The first kappa shape index (κ1) is 26.9. The van der Waals surface area contributed by atoms with Gasteiger partial charge in [0.2, 0.25) is 17.9 Å². The quantitative estimate of drug-likeness (QED) is 0.289. The molecule has 0 radical (unpaired) electrons. The van der Waals surface area contributed by atoms with Crippen molar-refractivity contribution in [2.75, 3.05) is 27.8 Å². The van der Waals surface area contributed by atoms with Gasteiger partial charge in [-0.05, 0) is 40.7 Å². The monoisotopic (exact) mass is 537 g/mol. The number of allylic oxidation sites excluding steroid dienone is 4. The van der Waals surface area contributed by atoms with Crippen LogP contribution in [0.25, 0.3) is 0 Å². The molecule has 11 heteroatoms. The fourth-order valence-electron chi connectivity index (χ4n) is 7.26. The number of nitrogens with zero attached hydrogens (tertiary/aromatic N) is 2. The van der Waals surface area contributed by atoms with Crippen LogP contribution in [-0.2, 0) is 38.2 Å². The van der Waals surface area contributed by atoms with Crippen LogP contribution in [0.5, 0.6) is 0 Å². The van der Waals surface area contributed by atoms with Crippen molar-refractivity contribution in [3.63, 3.8) is 0 Å². The van der Waals surface area contributed by atoms with Crippen molar-refractivity contribution < 1.29 is 38.2 Å². The van der Waals surface area contributed by atoms with E-state index in [1.54, 1.807) is 6.92 Å². The number of methoxy groups -OCH3 is 2. The van der Waals surface area contributed by atoms with Gasteiger partial charge in [-0.3, -0.25) is 38.6 Å². The Bertz CT molecular complexity index is 1380. The Balaban J connectivity index is 1.69. The van der Waals surface area contributed by atoms with E-state index in [-0.39, 0.29) is 76.9 Å². The number of Topliss-reactive ketones (excluding diaryl/α,β-unsaturated/α-hetero) is 4. The lowest BCUT2D eigenvalue weighted by molar-refractivity contribution is -0.132. The second-order valence-corrected chi connectivity index (χ2v) is 10.6. The minimum Gasteiger partial charge on any atom is -0.492 e. The van der Waals surface area contributed by atoms with E-state index < -0.39 is 29.8 Å². The van der Waals surface area contributed by atoms with Gasteiger partial charge in [-0.2, -0.15) is 0 Å². The second kappa shape index (κ2) is 9.49. The van der Waals surface area contributed by atoms with E-state index in [0.717, 1.165) is 0 Å². The van der Waals surface area contributed by atoms with Gasteiger partial charge in [0.25, 0.3) is 5.91 Å². The van der Waals surface area contributed by atoms with Gasteiger partial charge in [0.05, 0.1) is 26.3 Å². The molecule has 1 amide bonds. The minimum absolute atomic E-state index is 0.00807. The number of aldehydes is 1. The molecule has 0 saturated carbocycles. The molecular weight excluding hydrogens is 506 g/mol. The standard InChI is InChI=1S/C28H31N3O8/c1-11-23(34)14-8-17-22-21-15(24(35)12(2)28(39-6)26(21)37)7-16(30(22)4)13(3)31(17)18(9-29-19(33)10-32)20(14)25(36)27(11)38-5/h10,13,16-18,22H,7-9H2,1-6H3,(H,29,33)/t13-,16-,17?,18?,22?/m0/s1. The van der Waals surface area contributed by atoms with Gasteiger partial charge in [0.1, 0.15) is 0 Å². The fourth-order valence-corrected chi connectivity index (χ4v) is 7.26. The molecule has 2 bridgehead atoms. The van der Waals surface area contributed by atoms with E-state index in [9.17, 15) is 28.8 Å². The van der Waals surface area contributed by atoms with Gasteiger partial charge < -0.3 is 14.8 Å². The predicted octanol–water partition coefficient (Wildman–Crippen LogP) is -0.0432. The number of carbonyl (C=O) groups is 6. The number of ether oxygens (including phenoxy) is 2. The zero-order chi connectivity index (χ0) is 28.5. The molecule has 1 fully saturated rings. The lowest BCUT2D eigenvalue weighted by Crippen LogP contribution is -2.74. The summed E-state index contributed by atoms with van der Waals surface area (Å²) in [7, 11) is 4.59. The molecule has 1 N–H and O–H groups in total. The number of likely N-dealkylation sites (N-methyl/N-ethyl adjacent to an activating group) is 1. The molecule has 3 heterocycles. The van der Waals surface area contributed by atoms with E-state index in [4.69, 9.17) is 9.47 Å². The molecule has 0 aromatic heterocycles. The average Bonchev–Trinajstić information content (AvgIpc) is 2.91. The highest BCUT2D eigenvalue weighted by molar-refractivity contribution is 6.26. The summed E-state index contributed by atoms with van der Waals surface area (Å²) < 4.78 is 10.7. The largest absolute Gasteiger partial charge is 0.492 e. The maximum absolute atomic E-state index is 13.7. The molecule has 3 unspecified atom stereocenters. The summed E-state index contributed by atoms with van der Waals surface area (Å²) >= 11 is 0. The molecule has 2 aliphatic carbocycles. The third-order valence-electron chi connectivity index (χ3n) is 9.00. The van der Waals surface area contributed by atoms with Gasteiger partial charge in [-0.15, -0.1) is 0 Å². The molecule has 5 atom stereocenters. The first-order valence-electron chi connectivity index (χ1n) is 12.9. The van der Waals surface area contributed by atoms with E-state index in [0.29, 0.717) is 23.1 Å². The van der Waals surface area contributed by atoms with Crippen molar-refractivity contribution in [3.05, 3.63) is 45.0 Å². The highest BCUT2D eigenvalue weighted by Gasteiger charge is 2.58. The van der Waals surface area contributed by atoms with Crippen molar-refractivity contribution in [1.29, 1.82) is 0 Å². The van der Waals surface area contributed by atoms with E-state index in [1.807, 2.05) is 14.0 Å². The van der Waals surface area contributed by atoms with E-state index >= 15 is 0 Å². The summed E-state index contributed by atoms with van der Waals surface area (Å²) in [5.41, 5.74) is 1.80. The first-order valence-corrected chi connectivity index (χ1v) is 12.9. The van der Waals surface area contributed by atoms with Crippen LogP contribution >= 0.6 is 0 Å². The van der Waals surface area contributed by atoms with E-state index in [1.165, 1.54) is 21.1 Å². The van der Waals surface area contributed by atoms with Crippen molar-refractivity contribution >= 4 is 35.3 Å². The number of hydrogen-bond acceptors (Lipinski definition) is 10. The van der Waals surface area contributed by atoms with Gasteiger partial charge in [-0.1, -0.05) is 0 Å². The number of nitrogens with one attached hydrogen (secondary N) is 1. The number of carbonyl (C=O) groups excluding carboxylic acids is 6. The van der Waals surface area contributed by atoms with Crippen LogP contribution in [0.15, 0.2) is 45.0 Å². The molecule has 5 rings (SSSR count). The van der Waals surface area contributed by atoms with Gasteiger partial charge in [0, 0.05) is 58.1 Å². The maximum Gasteiger partial charge on any atom is 0.284 e. The number of ketones is 4. The van der Waals surface area contributed by atoms with Crippen LogP contribution in [0.1, 0.15) is 33.6 Å². The second-order valence-electron chi connectivity index (χ2n) is 10.6. The Kier molecular flexibility index (Phi) is 6.54. The van der Waals surface area contributed by atoms with Crippen LogP contribution in [0.4, 0.5) is 0 Å². The normalized spacial score (nSPS) is 31.3. The number of hydrogen-bond donors (Lipinski definition) is 1. The van der Waals surface area contributed by atoms with Crippen molar-refractivity contribution in [2.24, 2.45) is 0 Å². The van der Waals surface area contributed by atoms with Crippen LogP contribution < -0.4 is 5.32 Å². The van der Waals surface area contributed by atoms with Crippen molar-refractivity contribution in [3.8, 4) is 0 Å². The predicted molar refractivity (Wildman–Crippen MR) is 136 cm³/mol. The number of amides is 1. The SMILES string of the molecule is COC1=C(C)C(=O)C2=C(C1=O)C1C3CC4=C(C(=O)C(OC)=C(C)C4=O)C(CNC(=O)C=O)N3[C@@H](C)[C@H](C2)N1C. The molecule has 0 aromatic carbocycles. The summed E-state index contributed by atoms with van der Waals surface area (Å²) in [5.74, 6) is -2.24. The average molecular weight is 538 g/mol. The zero-order valence-electron chi connectivity index (χ0n) is 22.7. The van der Waals surface area contributed by atoms with E-state index in [2.05, 4.69) is 15.1 Å². The highest BCUT2D eigenvalue weighted by atomic mass is 16.5. The lowest BCUT2D eigenvalue weighted by atomic mass is 9.67. The summed E-state index contributed by atoms with van der Waals surface area (Å²) in [6, 6.07) is -2.25. The molecule has 0 aromatic rings. The molecule has 3 aliphatic heterocycles. The summed E-state index contributed by atoms with van der Waals surface area (Å²) in [6.07, 6.45) is 0.627. The lowest BCUT2D eigenvalue weighted by Gasteiger charge is -2.61. The number of fused-ring (bicyclic) bond motifs is 5. The molecule has 39 heavy (non-hydrogen) atoms. The Morgan fingerprint density at radius 1 is 0.897 bits per heavy atom. The zero-order valence-corrected chi connectivity index (χ0v) is 22.7. The Morgan fingerprint density at radius 2 is 1.41 bits per heavy atom. The molecule has 11 nitrogen and oxygen atoms in total. The summed E-state index contributed by atoms with van der Waals surface area (Å²) in [4.78, 5) is 81.6. The highest BCUT2D eigenvalue weighted by Crippen LogP contribution is 2.48. The van der Waals surface area contributed by atoms with Crippen LogP contribution in [0.3, 0.4) is 0 Å². The van der Waals surface area contributed by atoms with Gasteiger partial charge in [-0.25, -0.2) is 0 Å². The molecule has 5 aliphatic rings. The topological polar surface area (TPSA) is 139 Å². The van der Waals surface area contributed by atoms with Crippen LogP contribution in [0.2, 0.25) is 0 Å². The fraction of sp³-hybridized carbons (Fsp3) is 0.500. The maximum atomic E-state index is 13.7. The minimum atomic E-state index is -0.849. The third kappa shape index (κ3) is 3.63. The molecule has 0 spiro atoms. The molecular formula is C28H31N3O8. The first-order chi connectivity index (χ1) is 18.5. The molecule has 1 saturated heterocycles. The summed E-state index contributed by atoms with van der Waals surface area (Å²) in [6.45, 7) is 5.00. The molecule has 206 valence electrons. The van der Waals surface area contributed by atoms with Gasteiger partial charge in [0.15, 0.2) is 23.1 Å². The number of piperazine rings is 1. The Morgan fingerprint density at radius 3 is 1.95 bits per heavy atom. The van der Waals surface area contributed by atoms with Crippen molar-refractivity contribution in [1.82, 2.24) is 15.1 Å². The summed E-state index contributed by atoms with van der Waals surface area (Å²) in [5, 5.41) is 2.56. The third-order valence-corrected chi connectivity index (χ3v) is 9.00. The Hall–Kier alpha value is -3.70. The number of rotatable bonds is 5. The van der Waals surface area contributed by atoms with Crippen LogP contribution in [-0.4, -0.2) is 103 Å². The van der Waals surface area contributed by atoms with Crippen molar-refractivity contribution in [2.45, 2.75) is 63.8 Å². The Labute approximate surface area is 225 Å².